The number of carboxylic acids is 1. The number of hydrogen-bond acceptors (Lipinski definition) is 6. The molecular weight excluding hydrogens is 464 g/mol. The van der Waals surface area contributed by atoms with Crippen LogP contribution in [0.2, 0.25) is 0 Å². The molecule has 1 aromatic heterocycles. The van der Waals surface area contributed by atoms with Gasteiger partial charge < -0.3 is 30.0 Å². The number of nitrogens with one attached hydrogen (secondary N) is 1. The van der Waals surface area contributed by atoms with Crippen molar-refractivity contribution >= 4 is 11.9 Å². The Kier molecular flexibility index (Phi) is 11.1. The third-order valence-electron chi connectivity index (χ3n) is 5.47. The molecule has 0 saturated heterocycles. The number of carbonyl (C=O) groups excluding carboxylic acids is 2. The predicted octanol–water partition coefficient (Wildman–Crippen LogP) is -1.43. The summed E-state index contributed by atoms with van der Waals surface area (Å²) in [6, 6.07) is 15.1. The van der Waals surface area contributed by atoms with E-state index in [9.17, 15) is 29.3 Å². The standard InChI is InChI=1S/C25H28FN3O5.Na/c1-16-23(25(34)27-15-17-5-3-2-4-6-17)28-24(18-7-9-19(26)10-8-18)29(16)12-11-20(30)13-21(31)14-22(32)33;/h2-10,20-21,30-31H,11-15H2,1H3,(H,27,34)(H,32,33);/q;+1/p-1/t20-,21-;/m1./s1. The van der Waals surface area contributed by atoms with E-state index in [1.165, 1.54) is 12.1 Å². The molecule has 0 unspecified atom stereocenters. The Morgan fingerprint density at radius 3 is 2.37 bits per heavy atom. The molecule has 0 aliphatic rings. The van der Waals surface area contributed by atoms with Crippen LogP contribution in [-0.2, 0) is 17.9 Å². The Balaban J connectivity index is 0.00000432. The largest absolute Gasteiger partial charge is 1.00 e. The molecule has 0 spiro atoms. The fourth-order valence-corrected chi connectivity index (χ4v) is 3.69. The zero-order valence-electron chi connectivity index (χ0n) is 19.8. The summed E-state index contributed by atoms with van der Waals surface area (Å²) in [6.45, 7) is 2.30. The number of imidazole rings is 1. The maximum Gasteiger partial charge on any atom is 1.00 e. The summed E-state index contributed by atoms with van der Waals surface area (Å²) in [6.07, 6.45) is -2.71. The first-order chi connectivity index (χ1) is 16.2. The first-order valence-corrected chi connectivity index (χ1v) is 11.0. The van der Waals surface area contributed by atoms with Gasteiger partial charge in [-0.05, 0) is 49.6 Å². The first-order valence-electron chi connectivity index (χ1n) is 11.0. The molecule has 35 heavy (non-hydrogen) atoms. The Morgan fingerprint density at radius 1 is 1.09 bits per heavy atom. The SMILES string of the molecule is Cc1c(C(=O)NCc2ccccc2)nc(-c2ccc(F)cc2)n1CC[C@@H](O)C[C@@H](O)CC(=O)[O-].[Na+]. The molecule has 2 atom stereocenters. The molecule has 0 bridgehead atoms. The van der Waals surface area contributed by atoms with Gasteiger partial charge in [0.2, 0.25) is 0 Å². The van der Waals surface area contributed by atoms with Gasteiger partial charge in [0.25, 0.3) is 5.91 Å². The molecule has 3 rings (SSSR count). The number of benzene rings is 2. The molecule has 0 aliphatic heterocycles. The van der Waals surface area contributed by atoms with Gasteiger partial charge in [0, 0.05) is 36.7 Å². The molecule has 180 valence electrons. The summed E-state index contributed by atoms with van der Waals surface area (Å²) in [5.41, 5.74) is 2.30. The minimum absolute atomic E-state index is 0. The number of amides is 1. The van der Waals surface area contributed by atoms with Gasteiger partial charge in [-0.15, -0.1) is 0 Å². The van der Waals surface area contributed by atoms with Crippen molar-refractivity contribution in [1.82, 2.24) is 14.9 Å². The van der Waals surface area contributed by atoms with Gasteiger partial charge in [-0.2, -0.15) is 0 Å². The molecule has 3 aromatic rings. The van der Waals surface area contributed by atoms with Crippen LogP contribution in [0.3, 0.4) is 0 Å². The Bertz CT molecular complexity index is 1120. The predicted molar refractivity (Wildman–Crippen MR) is 121 cm³/mol. The van der Waals surface area contributed by atoms with E-state index in [4.69, 9.17) is 0 Å². The molecule has 3 N–H and O–H groups in total. The van der Waals surface area contributed by atoms with Gasteiger partial charge in [0.1, 0.15) is 17.3 Å². The van der Waals surface area contributed by atoms with Crippen LogP contribution >= 0.6 is 0 Å². The van der Waals surface area contributed by atoms with Gasteiger partial charge in [-0.3, -0.25) is 4.79 Å². The van der Waals surface area contributed by atoms with Crippen molar-refractivity contribution in [2.45, 2.75) is 51.5 Å². The number of rotatable bonds is 11. The number of nitrogens with zero attached hydrogens (tertiary/aromatic N) is 2. The van der Waals surface area contributed by atoms with Crippen LogP contribution in [0, 0.1) is 12.7 Å². The molecule has 1 heterocycles. The number of aliphatic carboxylic acids is 1. The van der Waals surface area contributed by atoms with Gasteiger partial charge in [0.05, 0.1) is 12.2 Å². The van der Waals surface area contributed by atoms with Gasteiger partial charge in [-0.25, -0.2) is 9.37 Å². The van der Waals surface area contributed by atoms with E-state index in [-0.39, 0.29) is 60.5 Å². The first kappa shape index (κ1) is 28.7. The zero-order valence-corrected chi connectivity index (χ0v) is 21.8. The average Bonchev–Trinajstić information content (AvgIpc) is 3.13. The van der Waals surface area contributed by atoms with Gasteiger partial charge >= 0.3 is 29.6 Å². The van der Waals surface area contributed by atoms with Crippen LogP contribution in [0.5, 0.6) is 0 Å². The summed E-state index contributed by atoms with van der Waals surface area (Å²) >= 11 is 0. The number of hydrogen-bond donors (Lipinski definition) is 3. The number of aromatic nitrogens is 2. The topological polar surface area (TPSA) is 128 Å². The smallest absolute Gasteiger partial charge is 0.550 e. The number of carboxylic acid groups (broad SMARTS) is 1. The summed E-state index contributed by atoms with van der Waals surface area (Å²) in [7, 11) is 0. The number of carbonyl (C=O) groups is 2. The average molecular weight is 491 g/mol. The van der Waals surface area contributed by atoms with E-state index >= 15 is 0 Å². The van der Waals surface area contributed by atoms with Crippen molar-refractivity contribution < 1.29 is 58.9 Å². The van der Waals surface area contributed by atoms with E-state index in [1.54, 1.807) is 23.6 Å². The van der Waals surface area contributed by atoms with Crippen LogP contribution in [0.15, 0.2) is 54.6 Å². The van der Waals surface area contributed by atoms with Crippen molar-refractivity contribution in [3.63, 3.8) is 0 Å². The number of aliphatic hydroxyl groups is 2. The number of aliphatic hydroxyl groups excluding tert-OH is 2. The monoisotopic (exact) mass is 491 g/mol. The Hall–Kier alpha value is -2.56. The maximum atomic E-state index is 13.4. The van der Waals surface area contributed by atoms with Crippen LogP contribution in [-0.4, -0.2) is 43.8 Å². The molecular formula is C25H27FN3NaO5. The third kappa shape index (κ3) is 8.26. The molecule has 0 saturated carbocycles. The minimum atomic E-state index is -1.39. The van der Waals surface area contributed by atoms with Gasteiger partial charge in [-0.1, -0.05) is 30.3 Å². The van der Waals surface area contributed by atoms with E-state index < -0.39 is 30.4 Å². The van der Waals surface area contributed by atoms with Crippen molar-refractivity contribution in [2.75, 3.05) is 0 Å². The molecule has 0 fully saturated rings. The summed E-state index contributed by atoms with van der Waals surface area (Å²) < 4.78 is 15.2. The van der Waals surface area contributed by atoms with Crippen molar-refractivity contribution in [3.8, 4) is 11.4 Å². The summed E-state index contributed by atoms with van der Waals surface area (Å²) in [4.78, 5) is 28.0. The fraction of sp³-hybridized carbons (Fsp3) is 0.320. The van der Waals surface area contributed by atoms with Crippen LogP contribution in [0.1, 0.15) is 41.0 Å². The van der Waals surface area contributed by atoms with Crippen LogP contribution in [0.25, 0.3) is 11.4 Å². The second kappa shape index (κ2) is 13.5. The van der Waals surface area contributed by atoms with E-state index in [2.05, 4.69) is 10.3 Å². The molecule has 10 heteroatoms. The zero-order chi connectivity index (χ0) is 24.7. The third-order valence-corrected chi connectivity index (χ3v) is 5.47. The Morgan fingerprint density at radius 2 is 1.74 bits per heavy atom. The maximum absolute atomic E-state index is 13.4. The van der Waals surface area contributed by atoms with Crippen molar-refractivity contribution in [2.24, 2.45) is 0 Å². The van der Waals surface area contributed by atoms with Crippen molar-refractivity contribution in [3.05, 3.63) is 77.4 Å². The molecule has 0 aliphatic carbocycles. The fourth-order valence-electron chi connectivity index (χ4n) is 3.69. The second-order valence-electron chi connectivity index (χ2n) is 8.10. The molecule has 0 radical (unpaired) electrons. The molecule has 1 amide bonds. The summed E-state index contributed by atoms with van der Waals surface area (Å²) in [5.74, 6) is -1.73. The number of halogens is 1. The minimum Gasteiger partial charge on any atom is -0.550 e. The van der Waals surface area contributed by atoms with Crippen LogP contribution in [0.4, 0.5) is 4.39 Å². The second-order valence-corrected chi connectivity index (χ2v) is 8.10. The van der Waals surface area contributed by atoms with Crippen molar-refractivity contribution in [1.29, 1.82) is 0 Å². The summed E-state index contributed by atoms with van der Waals surface area (Å²) in [5, 5.41) is 33.5. The van der Waals surface area contributed by atoms with Crippen LogP contribution < -0.4 is 40.0 Å². The quantitative estimate of drug-likeness (QED) is 0.283. The Labute approximate surface area is 225 Å². The van der Waals surface area contributed by atoms with Gasteiger partial charge in [0.15, 0.2) is 0 Å². The normalized spacial score (nSPS) is 12.5. The molecule has 8 nitrogen and oxygen atoms in total. The van der Waals surface area contributed by atoms with E-state index in [0.717, 1.165) is 5.56 Å². The van der Waals surface area contributed by atoms with E-state index in [0.29, 0.717) is 23.6 Å². The molecule has 2 aromatic carbocycles. The van der Waals surface area contributed by atoms with E-state index in [1.807, 2.05) is 30.3 Å².